The zero-order chi connectivity index (χ0) is 19.6. The van der Waals surface area contributed by atoms with Gasteiger partial charge in [0.25, 0.3) is 11.6 Å². The number of methoxy groups -OCH3 is 1. The minimum Gasteiger partial charge on any atom is -0.465 e. The van der Waals surface area contributed by atoms with Crippen molar-refractivity contribution in [2.45, 2.75) is 18.9 Å². The van der Waals surface area contributed by atoms with E-state index < -0.39 is 16.8 Å². The maximum Gasteiger partial charge on any atom is 0.338 e. The van der Waals surface area contributed by atoms with E-state index in [1.54, 1.807) is 12.1 Å². The number of nitro benzene ring substituents is 1. The van der Waals surface area contributed by atoms with Crippen LogP contribution in [0.2, 0.25) is 5.02 Å². The lowest BCUT2D eigenvalue weighted by Gasteiger charge is -2.19. The molecule has 3 rings (SSSR count). The molecule has 27 heavy (non-hydrogen) atoms. The smallest absolute Gasteiger partial charge is 0.338 e. The molecule has 0 aromatic heterocycles. The quantitative estimate of drug-likeness (QED) is 0.459. The Hall–Kier alpha value is -2.93. The number of nitrogens with zero attached hydrogens (tertiary/aromatic N) is 1. The van der Waals surface area contributed by atoms with Gasteiger partial charge in [0.05, 0.1) is 23.6 Å². The van der Waals surface area contributed by atoms with Gasteiger partial charge in [-0.3, -0.25) is 14.9 Å². The summed E-state index contributed by atoms with van der Waals surface area (Å²) in [5.41, 5.74) is 0.543. The minimum absolute atomic E-state index is 0.0317. The van der Waals surface area contributed by atoms with Crippen molar-refractivity contribution in [3.05, 3.63) is 74.3 Å². The molecule has 1 aliphatic rings. The van der Waals surface area contributed by atoms with Gasteiger partial charge >= 0.3 is 5.97 Å². The van der Waals surface area contributed by atoms with Crippen molar-refractivity contribution in [3.8, 4) is 0 Å². The van der Waals surface area contributed by atoms with Crippen LogP contribution in [-0.4, -0.2) is 23.9 Å². The monoisotopic (exact) mass is 388 g/mol. The van der Waals surface area contributed by atoms with Crippen LogP contribution < -0.4 is 5.32 Å². The second-order valence-electron chi connectivity index (χ2n) is 6.36. The molecule has 0 aliphatic heterocycles. The maximum atomic E-state index is 12.8. The Morgan fingerprint density at radius 1 is 1.19 bits per heavy atom. The third-order valence-corrected chi connectivity index (χ3v) is 4.67. The summed E-state index contributed by atoms with van der Waals surface area (Å²) in [6.45, 7) is 0. The second-order valence-corrected chi connectivity index (χ2v) is 6.79. The Morgan fingerprint density at radius 3 is 2.37 bits per heavy atom. The van der Waals surface area contributed by atoms with Crippen LogP contribution in [0.15, 0.2) is 42.5 Å². The molecule has 0 bridgehead atoms. The highest BCUT2D eigenvalue weighted by Gasteiger charge is 2.34. The molecule has 1 unspecified atom stereocenters. The van der Waals surface area contributed by atoms with Crippen LogP contribution in [0.1, 0.15) is 45.2 Å². The highest BCUT2D eigenvalue weighted by molar-refractivity contribution is 6.30. The maximum absolute atomic E-state index is 12.8. The number of carbonyl (C=O) groups is 2. The molecule has 2 aromatic rings. The van der Waals surface area contributed by atoms with Crippen LogP contribution in [0, 0.1) is 16.0 Å². The lowest BCUT2D eigenvalue weighted by Crippen LogP contribution is -2.30. The third kappa shape index (κ3) is 4.43. The molecule has 2 aromatic carbocycles. The zero-order valence-corrected chi connectivity index (χ0v) is 15.2. The number of non-ortho nitro benzene ring substituents is 1. The zero-order valence-electron chi connectivity index (χ0n) is 14.5. The molecule has 1 atom stereocenters. The van der Waals surface area contributed by atoms with Crippen molar-refractivity contribution < 1.29 is 19.2 Å². The molecule has 1 fully saturated rings. The van der Waals surface area contributed by atoms with Gasteiger partial charge in [-0.25, -0.2) is 4.79 Å². The summed E-state index contributed by atoms with van der Waals surface area (Å²) in [5, 5.41) is 14.7. The number of carbonyl (C=O) groups excluding carboxylic acids is 2. The number of benzene rings is 2. The highest BCUT2D eigenvalue weighted by atomic mass is 35.5. The lowest BCUT2D eigenvalue weighted by molar-refractivity contribution is -0.384. The van der Waals surface area contributed by atoms with E-state index in [9.17, 15) is 19.7 Å². The van der Waals surface area contributed by atoms with Gasteiger partial charge in [-0.15, -0.1) is 0 Å². The van der Waals surface area contributed by atoms with Crippen molar-refractivity contribution in [2.24, 2.45) is 5.92 Å². The lowest BCUT2D eigenvalue weighted by atomic mass is 10.0. The highest BCUT2D eigenvalue weighted by Crippen LogP contribution is 2.41. The van der Waals surface area contributed by atoms with Gasteiger partial charge in [0.2, 0.25) is 0 Å². The standard InChI is InChI=1S/C19H17ClN2O5/c1-27-19(24)14-8-13(9-16(10-14)22(25)26)18(23)21-17(11-2-3-11)12-4-6-15(20)7-5-12/h4-11,17H,2-3H2,1H3,(H,21,23). The van der Waals surface area contributed by atoms with Gasteiger partial charge in [0.1, 0.15) is 0 Å². The summed E-state index contributed by atoms with van der Waals surface area (Å²) in [6, 6.07) is 10.5. The largest absolute Gasteiger partial charge is 0.465 e. The van der Waals surface area contributed by atoms with E-state index in [1.165, 1.54) is 13.2 Å². The molecule has 1 N–H and O–H groups in total. The Labute approximate surface area is 160 Å². The van der Waals surface area contributed by atoms with Crippen LogP contribution in [0.5, 0.6) is 0 Å². The normalized spacial score (nSPS) is 14.3. The molecule has 0 heterocycles. The van der Waals surface area contributed by atoms with Gasteiger partial charge < -0.3 is 10.1 Å². The molecule has 8 heteroatoms. The van der Waals surface area contributed by atoms with Crippen LogP contribution in [0.3, 0.4) is 0 Å². The Balaban J connectivity index is 1.89. The number of nitro groups is 1. The van der Waals surface area contributed by atoms with Gasteiger partial charge in [-0.1, -0.05) is 23.7 Å². The molecule has 0 saturated heterocycles. The number of esters is 1. The summed E-state index contributed by atoms with van der Waals surface area (Å²) in [7, 11) is 1.17. The molecule has 1 aliphatic carbocycles. The van der Waals surface area contributed by atoms with Crippen molar-refractivity contribution in [1.29, 1.82) is 0 Å². The summed E-state index contributed by atoms with van der Waals surface area (Å²) in [4.78, 5) is 35.0. The van der Waals surface area contributed by atoms with E-state index in [4.69, 9.17) is 11.6 Å². The fourth-order valence-corrected chi connectivity index (χ4v) is 3.01. The Morgan fingerprint density at radius 2 is 1.81 bits per heavy atom. The number of hydrogen-bond acceptors (Lipinski definition) is 5. The van der Waals surface area contributed by atoms with E-state index in [0.29, 0.717) is 10.9 Å². The molecular formula is C19H17ClN2O5. The van der Waals surface area contributed by atoms with Crippen LogP contribution >= 0.6 is 11.6 Å². The van der Waals surface area contributed by atoms with Gasteiger partial charge in [-0.05, 0) is 42.5 Å². The molecule has 140 valence electrons. The third-order valence-electron chi connectivity index (χ3n) is 4.42. The molecular weight excluding hydrogens is 372 g/mol. The van der Waals surface area contributed by atoms with Crippen molar-refractivity contribution in [2.75, 3.05) is 7.11 Å². The molecule has 1 saturated carbocycles. The van der Waals surface area contributed by atoms with E-state index in [2.05, 4.69) is 10.1 Å². The predicted molar refractivity (Wildman–Crippen MR) is 98.8 cm³/mol. The summed E-state index contributed by atoms with van der Waals surface area (Å²) < 4.78 is 4.61. The first-order chi connectivity index (χ1) is 12.9. The number of ether oxygens (including phenoxy) is 1. The fourth-order valence-electron chi connectivity index (χ4n) is 2.88. The topological polar surface area (TPSA) is 98.5 Å². The minimum atomic E-state index is -0.746. The SMILES string of the molecule is COC(=O)c1cc(C(=O)NC(c2ccc(Cl)cc2)C2CC2)cc([N+](=O)[O-])c1. The number of amides is 1. The average molecular weight is 389 g/mol. The number of hydrogen-bond donors (Lipinski definition) is 1. The number of rotatable bonds is 6. The first-order valence-corrected chi connectivity index (χ1v) is 8.71. The summed E-state index contributed by atoms with van der Waals surface area (Å²) in [5.74, 6) is -0.936. The molecule has 1 amide bonds. The van der Waals surface area contributed by atoms with Gasteiger partial charge in [-0.2, -0.15) is 0 Å². The van der Waals surface area contributed by atoms with Crippen molar-refractivity contribution >= 4 is 29.2 Å². The molecule has 0 spiro atoms. The average Bonchev–Trinajstić information content (AvgIpc) is 3.50. The van der Waals surface area contributed by atoms with Crippen molar-refractivity contribution in [3.63, 3.8) is 0 Å². The first kappa shape index (κ1) is 18.8. The molecule has 0 radical (unpaired) electrons. The first-order valence-electron chi connectivity index (χ1n) is 8.33. The van der Waals surface area contributed by atoms with Crippen LogP contribution in [0.4, 0.5) is 5.69 Å². The summed E-state index contributed by atoms with van der Waals surface area (Å²) in [6.07, 6.45) is 1.96. The number of nitrogens with one attached hydrogen (secondary N) is 1. The van der Waals surface area contributed by atoms with Gasteiger partial charge in [0, 0.05) is 22.7 Å². The van der Waals surface area contributed by atoms with E-state index in [-0.39, 0.29) is 22.9 Å². The van der Waals surface area contributed by atoms with E-state index >= 15 is 0 Å². The predicted octanol–water partition coefficient (Wildman–Crippen LogP) is 3.92. The summed E-state index contributed by atoms with van der Waals surface area (Å²) >= 11 is 5.93. The number of halogens is 1. The van der Waals surface area contributed by atoms with E-state index in [0.717, 1.165) is 30.5 Å². The Kier molecular flexibility index (Phi) is 5.41. The van der Waals surface area contributed by atoms with Crippen LogP contribution in [-0.2, 0) is 4.74 Å². The van der Waals surface area contributed by atoms with Gasteiger partial charge in [0.15, 0.2) is 0 Å². The second kappa shape index (κ2) is 7.75. The van der Waals surface area contributed by atoms with Crippen LogP contribution in [0.25, 0.3) is 0 Å². The Bertz CT molecular complexity index is 893. The fraction of sp³-hybridized carbons (Fsp3) is 0.263. The van der Waals surface area contributed by atoms with Crippen molar-refractivity contribution in [1.82, 2.24) is 5.32 Å². The molecule has 7 nitrogen and oxygen atoms in total. The van der Waals surface area contributed by atoms with E-state index in [1.807, 2.05) is 12.1 Å².